The van der Waals surface area contributed by atoms with Gasteiger partial charge in [-0.25, -0.2) is 0 Å². The maximum Gasteiger partial charge on any atom is 0.260 e. The van der Waals surface area contributed by atoms with Crippen LogP contribution in [0.1, 0.15) is 22.8 Å². The summed E-state index contributed by atoms with van der Waals surface area (Å²) in [6.07, 6.45) is 0.971. The second-order valence-corrected chi connectivity index (χ2v) is 6.69. The lowest BCUT2D eigenvalue weighted by Crippen LogP contribution is -2.51. The van der Waals surface area contributed by atoms with Gasteiger partial charge in [0.1, 0.15) is 11.5 Å². The van der Waals surface area contributed by atoms with Crippen molar-refractivity contribution < 1.29 is 19.1 Å². The molecule has 2 amide bonds. The number of carbonyl (C=O) groups excluding carboxylic acids is 2. The molecule has 148 valence electrons. The summed E-state index contributed by atoms with van der Waals surface area (Å²) in [7, 11) is 1.59. The highest BCUT2D eigenvalue weighted by Gasteiger charge is 2.25. The normalized spacial score (nSPS) is 13.9. The zero-order chi connectivity index (χ0) is 19.9. The Morgan fingerprint density at radius 2 is 1.43 bits per heavy atom. The van der Waals surface area contributed by atoms with Crippen LogP contribution in [0, 0.1) is 0 Å². The number of aryl methyl sites for hydroxylation is 1. The first-order valence-electron chi connectivity index (χ1n) is 9.53. The molecule has 28 heavy (non-hydrogen) atoms. The molecule has 6 nitrogen and oxygen atoms in total. The first-order chi connectivity index (χ1) is 13.6. The van der Waals surface area contributed by atoms with E-state index in [1.807, 2.05) is 24.3 Å². The molecular weight excluding hydrogens is 356 g/mol. The fraction of sp³-hybridized carbons (Fsp3) is 0.364. The van der Waals surface area contributed by atoms with Crippen molar-refractivity contribution >= 4 is 11.8 Å². The third-order valence-electron chi connectivity index (χ3n) is 4.95. The lowest BCUT2D eigenvalue weighted by molar-refractivity contribution is -0.134. The van der Waals surface area contributed by atoms with Crippen LogP contribution in [0.2, 0.25) is 0 Å². The Morgan fingerprint density at radius 3 is 2.00 bits per heavy atom. The Bertz CT molecular complexity index is 794. The Hall–Kier alpha value is -3.02. The second kappa shape index (κ2) is 9.26. The zero-order valence-corrected chi connectivity index (χ0v) is 16.4. The van der Waals surface area contributed by atoms with Gasteiger partial charge in [-0.1, -0.05) is 19.1 Å². The summed E-state index contributed by atoms with van der Waals surface area (Å²) in [6, 6.07) is 14.9. The van der Waals surface area contributed by atoms with Crippen molar-refractivity contribution in [2.24, 2.45) is 0 Å². The molecule has 0 aromatic heterocycles. The topological polar surface area (TPSA) is 59.1 Å². The van der Waals surface area contributed by atoms with E-state index < -0.39 is 0 Å². The Labute approximate surface area is 165 Å². The number of hydrogen-bond acceptors (Lipinski definition) is 4. The Morgan fingerprint density at radius 1 is 0.857 bits per heavy atom. The van der Waals surface area contributed by atoms with Gasteiger partial charge in [0.25, 0.3) is 11.8 Å². The predicted molar refractivity (Wildman–Crippen MR) is 107 cm³/mol. The summed E-state index contributed by atoms with van der Waals surface area (Å²) in [6.45, 7) is 4.16. The highest BCUT2D eigenvalue weighted by Crippen LogP contribution is 2.15. The lowest BCUT2D eigenvalue weighted by Gasteiger charge is -2.34. The molecule has 1 aliphatic heterocycles. The summed E-state index contributed by atoms with van der Waals surface area (Å²) in [5.41, 5.74) is 1.86. The van der Waals surface area contributed by atoms with Crippen LogP contribution in [0.3, 0.4) is 0 Å². The molecule has 2 aromatic carbocycles. The minimum atomic E-state index is -0.0592. The molecule has 0 unspecified atom stereocenters. The van der Waals surface area contributed by atoms with E-state index in [0.29, 0.717) is 37.5 Å². The van der Waals surface area contributed by atoms with Crippen LogP contribution in [0.4, 0.5) is 0 Å². The van der Waals surface area contributed by atoms with Gasteiger partial charge in [-0.15, -0.1) is 0 Å². The molecule has 0 spiro atoms. The number of amides is 2. The summed E-state index contributed by atoms with van der Waals surface area (Å²) >= 11 is 0. The van der Waals surface area contributed by atoms with Gasteiger partial charge >= 0.3 is 0 Å². The number of ether oxygens (including phenoxy) is 2. The van der Waals surface area contributed by atoms with Crippen LogP contribution in [0.5, 0.6) is 11.5 Å². The van der Waals surface area contributed by atoms with Gasteiger partial charge in [0.2, 0.25) is 0 Å². The highest BCUT2D eigenvalue weighted by atomic mass is 16.5. The van der Waals surface area contributed by atoms with E-state index in [0.717, 1.165) is 12.2 Å². The number of benzene rings is 2. The molecular formula is C22H26N2O4. The monoisotopic (exact) mass is 382 g/mol. The number of piperazine rings is 1. The first-order valence-corrected chi connectivity index (χ1v) is 9.53. The minimum Gasteiger partial charge on any atom is -0.497 e. The third kappa shape index (κ3) is 4.82. The smallest absolute Gasteiger partial charge is 0.260 e. The molecule has 1 aliphatic rings. The van der Waals surface area contributed by atoms with Crippen molar-refractivity contribution in [3.8, 4) is 11.5 Å². The van der Waals surface area contributed by atoms with Gasteiger partial charge in [-0.3, -0.25) is 9.59 Å². The summed E-state index contributed by atoms with van der Waals surface area (Å²) in [4.78, 5) is 28.5. The van der Waals surface area contributed by atoms with Crippen molar-refractivity contribution in [1.29, 1.82) is 0 Å². The molecule has 3 rings (SSSR count). The summed E-state index contributed by atoms with van der Waals surface area (Å²) in [5, 5.41) is 0. The molecule has 0 atom stereocenters. The van der Waals surface area contributed by atoms with Crippen molar-refractivity contribution in [3.05, 3.63) is 59.7 Å². The molecule has 1 saturated heterocycles. The quantitative estimate of drug-likeness (QED) is 0.771. The summed E-state index contributed by atoms with van der Waals surface area (Å²) in [5.74, 6) is 1.33. The fourth-order valence-electron chi connectivity index (χ4n) is 3.13. The number of rotatable bonds is 6. The number of carbonyl (C=O) groups is 2. The van der Waals surface area contributed by atoms with Crippen LogP contribution in [0.25, 0.3) is 0 Å². The van der Waals surface area contributed by atoms with Crippen molar-refractivity contribution in [3.63, 3.8) is 0 Å². The van der Waals surface area contributed by atoms with Gasteiger partial charge in [0.05, 0.1) is 7.11 Å². The van der Waals surface area contributed by atoms with Gasteiger partial charge < -0.3 is 19.3 Å². The van der Waals surface area contributed by atoms with E-state index in [1.54, 1.807) is 41.2 Å². The van der Waals surface area contributed by atoms with Crippen molar-refractivity contribution in [2.75, 3.05) is 39.9 Å². The predicted octanol–water partition coefficient (Wildman–Crippen LogP) is 2.62. The third-order valence-corrected chi connectivity index (χ3v) is 4.95. The first kappa shape index (κ1) is 19.7. The molecule has 1 fully saturated rings. The van der Waals surface area contributed by atoms with Gasteiger partial charge in [-0.2, -0.15) is 0 Å². The zero-order valence-electron chi connectivity index (χ0n) is 16.4. The number of nitrogens with zero attached hydrogens (tertiary/aromatic N) is 2. The van der Waals surface area contributed by atoms with Gasteiger partial charge in [0.15, 0.2) is 6.61 Å². The second-order valence-electron chi connectivity index (χ2n) is 6.69. The van der Waals surface area contributed by atoms with Crippen LogP contribution >= 0.6 is 0 Å². The molecule has 0 radical (unpaired) electrons. The lowest BCUT2D eigenvalue weighted by atomic mass is 10.1. The van der Waals surface area contributed by atoms with Crippen LogP contribution in [-0.2, 0) is 11.2 Å². The highest BCUT2D eigenvalue weighted by molar-refractivity contribution is 5.94. The molecule has 2 aromatic rings. The molecule has 0 N–H and O–H groups in total. The van der Waals surface area contributed by atoms with E-state index in [-0.39, 0.29) is 18.4 Å². The van der Waals surface area contributed by atoms with E-state index in [2.05, 4.69) is 6.92 Å². The molecule has 0 saturated carbocycles. The Balaban J connectivity index is 1.47. The maximum absolute atomic E-state index is 12.6. The Kier molecular flexibility index (Phi) is 6.53. The molecule has 6 heteroatoms. The number of methoxy groups -OCH3 is 1. The average molecular weight is 382 g/mol. The van der Waals surface area contributed by atoms with Gasteiger partial charge in [-0.05, 0) is 48.4 Å². The van der Waals surface area contributed by atoms with Crippen LogP contribution < -0.4 is 9.47 Å². The SMILES string of the molecule is CCc1ccc(OCC(=O)N2CCN(C(=O)c3ccc(OC)cc3)CC2)cc1. The standard InChI is InChI=1S/C22H26N2O4/c1-3-17-4-8-20(9-5-17)28-16-21(25)23-12-14-24(15-13-23)22(26)18-6-10-19(27-2)11-7-18/h4-11H,3,12-16H2,1-2H3. The molecule has 0 aliphatic carbocycles. The summed E-state index contributed by atoms with van der Waals surface area (Å²) < 4.78 is 10.7. The van der Waals surface area contributed by atoms with E-state index in [4.69, 9.17) is 9.47 Å². The molecule has 0 bridgehead atoms. The largest absolute Gasteiger partial charge is 0.497 e. The number of hydrogen-bond donors (Lipinski definition) is 0. The van der Waals surface area contributed by atoms with E-state index in [1.165, 1.54) is 5.56 Å². The van der Waals surface area contributed by atoms with Crippen molar-refractivity contribution in [2.45, 2.75) is 13.3 Å². The van der Waals surface area contributed by atoms with E-state index in [9.17, 15) is 9.59 Å². The van der Waals surface area contributed by atoms with E-state index >= 15 is 0 Å². The van der Waals surface area contributed by atoms with Gasteiger partial charge in [0, 0.05) is 31.7 Å². The fourth-order valence-corrected chi connectivity index (χ4v) is 3.13. The average Bonchev–Trinajstić information content (AvgIpc) is 2.77. The maximum atomic E-state index is 12.6. The van der Waals surface area contributed by atoms with Crippen molar-refractivity contribution in [1.82, 2.24) is 9.80 Å². The minimum absolute atomic E-state index is 0.0118. The molecule has 1 heterocycles. The van der Waals surface area contributed by atoms with Crippen LogP contribution in [0.15, 0.2) is 48.5 Å². The van der Waals surface area contributed by atoms with Crippen LogP contribution in [-0.4, -0.2) is 61.5 Å².